The van der Waals surface area contributed by atoms with Crippen molar-refractivity contribution in [1.82, 2.24) is 0 Å². The zero-order valence-electron chi connectivity index (χ0n) is 29.8. The fourth-order valence-corrected chi connectivity index (χ4v) is 11.7. The predicted octanol–water partition coefficient (Wildman–Crippen LogP) is -1.47. The number of hydrogen-bond acceptors (Lipinski definition) is 15. The molecule has 4 aliphatic carbocycles. The van der Waals surface area contributed by atoms with Crippen molar-refractivity contribution in [3.8, 4) is 0 Å². The lowest BCUT2D eigenvalue weighted by molar-refractivity contribution is -0.383. The molecule has 0 aromatic rings. The number of aliphatic hydroxyl groups is 10. The molecule has 0 radical (unpaired) electrons. The van der Waals surface area contributed by atoms with Gasteiger partial charge in [0.05, 0.1) is 31.5 Å². The Balaban J connectivity index is 1.12. The fourth-order valence-electron chi connectivity index (χ4n) is 11.7. The third-order valence-corrected chi connectivity index (χ3v) is 14.6. The first-order chi connectivity index (χ1) is 24.1. The average molecular weight is 733 g/mol. The molecule has 2 aliphatic heterocycles. The first-order valence-electron chi connectivity index (χ1n) is 18.9. The Labute approximate surface area is 298 Å². The van der Waals surface area contributed by atoms with E-state index >= 15 is 0 Å². The molecule has 2 heterocycles. The van der Waals surface area contributed by atoms with Gasteiger partial charge in [-0.3, -0.25) is 4.79 Å². The fraction of sp³-hybridized carbons (Fsp3) is 0.972. The number of carbonyl (C=O) groups excluding carboxylic acids is 1. The molecule has 0 amide bonds. The molecule has 0 spiro atoms. The van der Waals surface area contributed by atoms with Crippen LogP contribution in [0.2, 0.25) is 0 Å². The predicted molar refractivity (Wildman–Crippen MR) is 175 cm³/mol. The topological polar surface area (TPSA) is 256 Å². The molecule has 6 fully saturated rings. The third-order valence-electron chi connectivity index (χ3n) is 14.6. The number of rotatable bonds is 10. The Bertz CT molecular complexity index is 1220. The molecule has 0 unspecified atom stereocenters. The largest absolute Gasteiger partial charge is 0.454 e. The Hall–Kier alpha value is -1.05. The van der Waals surface area contributed by atoms with Crippen LogP contribution in [0.25, 0.3) is 0 Å². The molecule has 6 rings (SSSR count). The van der Waals surface area contributed by atoms with E-state index in [0.29, 0.717) is 25.7 Å². The lowest BCUT2D eigenvalue weighted by atomic mass is 9.43. The van der Waals surface area contributed by atoms with Gasteiger partial charge in [0, 0.05) is 6.42 Å². The highest BCUT2D eigenvalue weighted by Gasteiger charge is 2.66. The number of hydrogen-bond donors (Lipinski definition) is 10. The van der Waals surface area contributed by atoms with Crippen molar-refractivity contribution in [2.24, 2.45) is 46.3 Å². The summed E-state index contributed by atoms with van der Waals surface area (Å²) in [5.41, 5.74) is -0.517. The molecular formula is C36H60O15. The standard InChI is InChI=1S/C36H60O15/c1-16(19-5-6-20-27-21(12-25(42)35(19,20)3)34(2)9-8-18(40)10-17(34)11-22(27)41)4-7-26(43)49-32-29(45)24(14-38)50-36(32,15-39)51-33-31(47)30(46)28(44)23(13-37)48-33/h16-25,27-33,37-42,44-47H,4-15H2,1-3H3/t16-,17+,18-,19-,20+,21+,22-,23-,24-,25+,27+,28-,29-,30+,31-,32+,33-,34+,35-,36+/m1/s1. The summed E-state index contributed by atoms with van der Waals surface area (Å²) < 4.78 is 22.4. The van der Waals surface area contributed by atoms with Gasteiger partial charge in [0.25, 0.3) is 0 Å². The van der Waals surface area contributed by atoms with Gasteiger partial charge in [-0.25, -0.2) is 0 Å². The van der Waals surface area contributed by atoms with Gasteiger partial charge < -0.3 is 70.0 Å². The Morgan fingerprint density at radius 1 is 0.843 bits per heavy atom. The van der Waals surface area contributed by atoms with Crippen LogP contribution in [0, 0.1) is 46.3 Å². The minimum Gasteiger partial charge on any atom is -0.454 e. The molecule has 15 heteroatoms. The monoisotopic (exact) mass is 732 g/mol. The number of ether oxygens (including phenoxy) is 4. The minimum atomic E-state index is -2.34. The summed E-state index contributed by atoms with van der Waals surface area (Å²) in [6, 6.07) is 0. The summed E-state index contributed by atoms with van der Waals surface area (Å²) in [5, 5.41) is 106. The van der Waals surface area contributed by atoms with Crippen molar-refractivity contribution < 1.29 is 74.8 Å². The van der Waals surface area contributed by atoms with Crippen molar-refractivity contribution >= 4 is 5.97 Å². The first-order valence-corrected chi connectivity index (χ1v) is 18.9. The van der Waals surface area contributed by atoms with Gasteiger partial charge in [-0.05, 0) is 97.7 Å². The van der Waals surface area contributed by atoms with E-state index in [-0.39, 0.29) is 53.4 Å². The lowest BCUT2D eigenvalue weighted by Gasteiger charge is -2.63. The first kappa shape index (κ1) is 39.6. The van der Waals surface area contributed by atoms with E-state index in [1.165, 1.54) is 0 Å². The quantitative estimate of drug-likeness (QED) is 0.115. The highest BCUT2D eigenvalue weighted by Crippen LogP contribution is 2.68. The number of fused-ring (bicyclic) bond motifs is 5. The molecule has 20 atom stereocenters. The van der Waals surface area contributed by atoms with E-state index in [2.05, 4.69) is 13.8 Å². The Morgan fingerprint density at radius 2 is 1.55 bits per heavy atom. The van der Waals surface area contributed by atoms with Gasteiger partial charge in [0.2, 0.25) is 5.79 Å². The number of aliphatic hydroxyl groups excluding tert-OH is 10. The van der Waals surface area contributed by atoms with Crippen LogP contribution in [-0.2, 0) is 23.7 Å². The van der Waals surface area contributed by atoms with Gasteiger partial charge in [-0.1, -0.05) is 20.8 Å². The Morgan fingerprint density at radius 3 is 2.22 bits per heavy atom. The maximum Gasteiger partial charge on any atom is 0.306 e. The van der Waals surface area contributed by atoms with Gasteiger partial charge in [-0.2, -0.15) is 0 Å². The lowest BCUT2D eigenvalue weighted by Crippen LogP contribution is -2.63. The van der Waals surface area contributed by atoms with Crippen molar-refractivity contribution in [3.05, 3.63) is 0 Å². The molecule has 2 saturated heterocycles. The summed E-state index contributed by atoms with van der Waals surface area (Å²) >= 11 is 0. The van der Waals surface area contributed by atoms with E-state index in [0.717, 1.165) is 25.7 Å². The van der Waals surface area contributed by atoms with Gasteiger partial charge in [0.1, 0.15) is 43.2 Å². The molecule has 294 valence electrons. The van der Waals surface area contributed by atoms with Crippen molar-refractivity contribution in [2.75, 3.05) is 19.8 Å². The average Bonchev–Trinajstić information content (AvgIpc) is 3.59. The van der Waals surface area contributed by atoms with Crippen LogP contribution < -0.4 is 0 Å². The molecule has 0 aromatic carbocycles. The van der Waals surface area contributed by atoms with Crippen LogP contribution >= 0.6 is 0 Å². The van der Waals surface area contributed by atoms with Crippen LogP contribution in [0.5, 0.6) is 0 Å². The molecule has 51 heavy (non-hydrogen) atoms. The number of esters is 1. The second-order valence-corrected chi connectivity index (χ2v) is 17.1. The molecular weight excluding hydrogens is 672 g/mol. The van der Waals surface area contributed by atoms with E-state index in [4.69, 9.17) is 18.9 Å². The molecule has 6 aliphatic rings. The summed E-state index contributed by atoms with van der Waals surface area (Å²) in [6.07, 6.45) is -9.15. The highest BCUT2D eigenvalue weighted by molar-refractivity contribution is 5.69. The van der Waals surface area contributed by atoms with E-state index in [1.54, 1.807) is 0 Å². The van der Waals surface area contributed by atoms with Crippen LogP contribution in [0.15, 0.2) is 0 Å². The van der Waals surface area contributed by atoms with Crippen LogP contribution in [0.4, 0.5) is 0 Å². The number of carbonyl (C=O) groups is 1. The summed E-state index contributed by atoms with van der Waals surface area (Å²) in [7, 11) is 0. The van der Waals surface area contributed by atoms with Crippen molar-refractivity contribution in [2.45, 2.75) is 152 Å². The molecule has 0 bridgehead atoms. The van der Waals surface area contributed by atoms with Crippen molar-refractivity contribution in [1.29, 1.82) is 0 Å². The smallest absolute Gasteiger partial charge is 0.306 e. The summed E-state index contributed by atoms with van der Waals surface area (Å²) in [6.45, 7) is 3.94. The van der Waals surface area contributed by atoms with Gasteiger partial charge in [0.15, 0.2) is 12.4 Å². The minimum absolute atomic E-state index is 0.0319. The van der Waals surface area contributed by atoms with Crippen LogP contribution in [0.3, 0.4) is 0 Å². The summed E-state index contributed by atoms with van der Waals surface area (Å²) in [4.78, 5) is 13.4. The molecule has 0 aromatic heterocycles. The normalized spacial score (nSPS) is 53.2. The van der Waals surface area contributed by atoms with E-state index in [1.807, 2.05) is 6.92 Å². The molecule has 10 N–H and O–H groups in total. The SMILES string of the molecule is C[C@H](CCC(=O)O[C@H]1[C@H](O)[C@@H](CO)O[C@@]1(CO)O[C@H]1O[C@H](CO)[C@@H](O)[C@H](O)[C@H]1O)[C@H]1CC[C@H]2[C@@H]3[C@H](O)C[C@@H]4C[C@H](O)CC[C@]4(C)[C@H]3C[C@H](O)[C@]12C. The van der Waals surface area contributed by atoms with Crippen LogP contribution in [-0.4, -0.2) is 150 Å². The van der Waals surface area contributed by atoms with Gasteiger partial charge in [-0.15, -0.1) is 0 Å². The Kier molecular flexibility index (Phi) is 11.6. The zero-order chi connectivity index (χ0) is 37.2. The van der Waals surface area contributed by atoms with Crippen LogP contribution in [0.1, 0.15) is 78.6 Å². The maximum absolute atomic E-state index is 13.4. The third kappa shape index (κ3) is 6.59. The molecule has 4 saturated carbocycles. The second-order valence-electron chi connectivity index (χ2n) is 17.1. The zero-order valence-corrected chi connectivity index (χ0v) is 29.8. The van der Waals surface area contributed by atoms with E-state index < -0.39 is 98.2 Å². The summed E-state index contributed by atoms with van der Waals surface area (Å²) in [5.74, 6) is -2.53. The van der Waals surface area contributed by atoms with Gasteiger partial charge >= 0.3 is 5.97 Å². The molecule has 15 nitrogen and oxygen atoms in total. The van der Waals surface area contributed by atoms with Crippen molar-refractivity contribution in [3.63, 3.8) is 0 Å². The van der Waals surface area contributed by atoms with E-state index in [9.17, 15) is 55.9 Å². The maximum atomic E-state index is 13.4. The highest BCUT2D eigenvalue weighted by atomic mass is 16.8. The second kappa shape index (κ2) is 14.9.